The van der Waals surface area contributed by atoms with Crippen molar-refractivity contribution in [2.45, 2.75) is 53.0 Å². The summed E-state index contributed by atoms with van der Waals surface area (Å²) in [6, 6.07) is 0.834. The van der Waals surface area contributed by atoms with Gasteiger partial charge in [-0.3, -0.25) is 0 Å². The van der Waals surface area contributed by atoms with E-state index in [1.54, 1.807) is 0 Å². The lowest BCUT2D eigenvalue weighted by atomic mass is 9.92. The van der Waals surface area contributed by atoms with E-state index >= 15 is 0 Å². The Bertz CT molecular complexity index is 195. The summed E-state index contributed by atoms with van der Waals surface area (Å²) in [5.74, 6) is 0.815. The molecule has 1 saturated carbocycles. The molecule has 0 amide bonds. The summed E-state index contributed by atoms with van der Waals surface area (Å²) in [7, 11) is 2.25. The van der Waals surface area contributed by atoms with E-state index in [-0.39, 0.29) is 0 Å². The number of rotatable bonds is 8. The Morgan fingerprint density at radius 3 is 2.44 bits per heavy atom. The average Bonchev–Trinajstić information content (AvgIpc) is 2.94. The Hall–Kier alpha value is -0.0800. The van der Waals surface area contributed by atoms with Crippen LogP contribution in [-0.2, 0) is 0 Å². The average molecular weight is 226 g/mol. The van der Waals surface area contributed by atoms with Crippen LogP contribution in [-0.4, -0.2) is 37.6 Å². The first-order chi connectivity index (χ1) is 7.39. The lowest BCUT2D eigenvalue weighted by Crippen LogP contribution is -2.40. The van der Waals surface area contributed by atoms with E-state index in [1.807, 2.05) is 0 Å². The standard InChI is InChI=1S/C14H30N2/c1-12(2)8-9-16(5)11-14(3,4)10-15-13-6-7-13/h12-13,15H,6-11H2,1-5H3. The third-order valence-electron chi connectivity index (χ3n) is 3.23. The topological polar surface area (TPSA) is 15.3 Å². The van der Waals surface area contributed by atoms with Gasteiger partial charge >= 0.3 is 0 Å². The second kappa shape index (κ2) is 6.02. The molecule has 2 nitrogen and oxygen atoms in total. The molecule has 0 atom stereocenters. The third-order valence-corrected chi connectivity index (χ3v) is 3.23. The molecular weight excluding hydrogens is 196 g/mol. The fourth-order valence-electron chi connectivity index (χ4n) is 2.05. The van der Waals surface area contributed by atoms with Crippen LogP contribution < -0.4 is 5.32 Å². The zero-order valence-corrected chi connectivity index (χ0v) is 11.8. The Balaban J connectivity index is 2.15. The highest BCUT2D eigenvalue weighted by atomic mass is 15.1. The van der Waals surface area contributed by atoms with Crippen molar-refractivity contribution in [3.8, 4) is 0 Å². The van der Waals surface area contributed by atoms with Crippen LogP contribution in [0.3, 0.4) is 0 Å². The number of hydrogen-bond donors (Lipinski definition) is 1. The molecule has 0 aromatic heterocycles. The molecule has 1 aliphatic rings. The molecule has 1 rings (SSSR count). The zero-order valence-electron chi connectivity index (χ0n) is 11.8. The molecule has 0 radical (unpaired) electrons. The van der Waals surface area contributed by atoms with Gasteiger partial charge in [-0.25, -0.2) is 0 Å². The van der Waals surface area contributed by atoms with Crippen LogP contribution in [0.4, 0.5) is 0 Å². The molecule has 0 heterocycles. The molecule has 0 spiro atoms. The molecule has 2 heteroatoms. The van der Waals surface area contributed by atoms with E-state index in [0.717, 1.165) is 18.5 Å². The van der Waals surface area contributed by atoms with Crippen LogP contribution in [0.1, 0.15) is 47.0 Å². The number of hydrogen-bond acceptors (Lipinski definition) is 2. The van der Waals surface area contributed by atoms with E-state index in [1.165, 1.54) is 32.4 Å². The second-order valence-corrected chi connectivity index (χ2v) is 6.74. The van der Waals surface area contributed by atoms with Crippen molar-refractivity contribution in [2.75, 3.05) is 26.7 Å². The predicted octanol–water partition coefficient (Wildman–Crippen LogP) is 2.74. The van der Waals surface area contributed by atoms with Gasteiger partial charge < -0.3 is 10.2 Å². The summed E-state index contributed by atoms with van der Waals surface area (Å²) < 4.78 is 0. The summed E-state index contributed by atoms with van der Waals surface area (Å²) >= 11 is 0. The Morgan fingerprint density at radius 1 is 1.31 bits per heavy atom. The SMILES string of the molecule is CC(C)CCN(C)CC(C)(C)CNC1CC1. The van der Waals surface area contributed by atoms with Crippen LogP contribution in [0, 0.1) is 11.3 Å². The maximum atomic E-state index is 3.64. The van der Waals surface area contributed by atoms with Crippen molar-refractivity contribution in [1.29, 1.82) is 0 Å². The molecule has 0 aromatic carbocycles. The monoisotopic (exact) mass is 226 g/mol. The Morgan fingerprint density at radius 2 is 1.94 bits per heavy atom. The van der Waals surface area contributed by atoms with Crippen molar-refractivity contribution in [2.24, 2.45) is 11.3 Å². The van der Waals surface area contributed by atoms with Crippen LogP contribution in [0.5, 0.6) is 0 Å². The first-order valence-corrected chi connectivity index (χ1v) is 6.81. The summed E-state index contributed by atoms with van der Waals surface area (Å²) in [6.07, 6.45) is 4.08. The van der Waals surface area contributed by atoms with Gasteiger partial charge in [-0.05, 0) is 44.2 Å². The number of nitrogens with zero attached hydrogens (tertiary/aromatic N) is 1. The maximum Gasteiger partial charge on any atom is 0.00684 e. The van der Waals surface area contributed by atoms with Crippen LogP contribution in [0.2, 0.25) is 0 Å². The van der Waals surface area contributed by atoms with E-state index in [4.69, 9.17) is 0 Å². The van der Waals surface area contributed by atoms with Crippen molar-refractivity contribution in [3.05, 3.63) is 0 Å². The minimum absolute atomic E-state index is 0.397. The summed E-state index contributed by atoms with van der Waals surface area (Å²) in [5.41, 5.74) is 0.397. The van der Waals surface area contributed by atoms with E-state index in [9.17, 15) is 0 Å². The quantitative estimate of drug-likeness (QED) is 0.684. The van der Waals surface area contributed by atoms with Crippen molar-refractivity contribution in [1.82, 2.24) is 10.2 Å². The van der Waals surface area contributed by atoms with E-state index < -0.39 is 0 Å². The Labute approximate surface area is 102 Å². The molecular formula is C14H30N2. The summed E-state index contributed by atoms with van der Waals surface area (Å²) in [6.45, 7) is 12.9. The van der Waals surface area contributed by atoms with E-state index in [2.05, 4.69) is 45.0 Å². The van der Waals surface area contributed by atoms with Crippen molar-refractivity contribution < 1.29 is 0 Å². The molecule has 0 aromatic rings. The third kappa shape index (κ3) is 6.49. The molecule has 1 aliphatic carbocycles. The molecule has 0 aliphatic heterocycles. The fraction of sp³-hybridized carbons (Fsp3) is 1.00. The molecule has 16 heavy (non-hydrogen) atoms. The van der Waals surface area contributed by atoms with Gasteiger partial charge in [-0.15, -0.1) is 0 Å². The molecule has 0 unspecified atom stereocenters. The van der Waals surface area contributed by atoms with Gasteiger partial charge in [0.15, 0.2) is 0 Å². The largest absolute Gasteiger partial charge is 0.313 e. The first-order valence-electron chi connectivity index (χ1n) is 6.81. The second-order valence-electron chi connectivity index (χ2n) is 6.74. The molecule has 96 valence electrons. The minimum atomic E-state index is 0.397. The smallest absolute Gasteiger partial charge is 0.00684 e. The van der Waals surface area contributed by atoms with Crippen LogP contribution >= 0.6 is 0 Å². The normalized spacial score (nSPS) is 17.4. The fourth-order valence-corrected chi connectivity index (χ4v) is 2.05. The molecule has 0 saturated heterocycles. The molecule has 0 bridgehead atoms. The first kappa shape index (κ1) is 14.0. The lowest BCUT2D eigenvalue weighted by molar-refractivity contribution is 0.196. The van der Waals surface area contributed by atoms with Gasteiger partial charge in [0.25, 0.3) is 0 Å². The highest BCUT2D eigenvalue weighted by Gasteiger charge is 2.25. The minimum Gasteiger partial charge on any atom is -0.313 e. The Kier molecular flexibility index (Phi) is 5.26. The highest BCUT2D eigenvalue weighted by Crippen LogP contribution is 2.22. The van der Waals surface area contributed by atoms with Gasteiger partial charge in [0.05, 0.1) is 0 Å². The molecule has 1 fully saturated rings. The molecule has 1 N–H and O–H groups in total. The summed E-state index contributed by atoms with van der Waals surface area (Å²) in [5, 5.41) is 3.64. The van der Waals surface area contributed by atoms with E-state index in [0.29, 0.717) is 5.41 Å². The lowest BCUT2D eigenvalue weighted by Gasteiger charge is -2.31. The predicted molar refractivity (Wildman–Crippen MR) is 71.8 cm³/mol. The summed E-state index contributed by atoms with van der Waals surface area (Å²) in [4.78, 5) is 2.48. The van der Waals surface area contributed by atoms with Crippen molar-refractivity contribution in [3.63, 3.8) is 0 Å². The van der Waals surface area contributed by atoms with Crippen LogP contribution in [0.15, 0.2) is 0 Å². The maximum absolute atomic E-state index is 3.64. The van der Waals surface area contributed by atoms with Crippen LogP contribution in [0.25, 0.3) is 0 Å². The van der Waals surface area contributed by atoms with Gasteiger partial charge in [0.1, 0.15) is 0 Å². The van der Waals surface area contributed by atoms with Gasteiger partial charge in [-0.1, -0.05) is 27.7 Å². The van der Waals surface area contributed by atoms with Crippen molar-refractivity contribution >= 4 is 0 Å². The number of nitrogens with one attached hydrogen (secondary N) is 1. The highest BCUT2D eigenvalue weighted by molar-refractivity contribution is 4.85. The van der Waals surface area contributed by atoms with Gasteiger partial charge in [0, 0.05) is 19.1 Å². The van der Waals surface area contributed by atoms with Gasteiger partial charge in [-0.2, -0.15) is 0 Å². The zero-order chi connectivity index (χ0) is 12.2. The van der Waals surface area contributed by atoms with Gasteiger partial charge in [0.2, 0.25) is 0 Å².